The molecule has 0 aromatic heterocycles. The zero-order valence-corrected chi connectivity index (χ0v) is 9.14. The summed E-state index contributed by atoms with van der Waals surface area (Å²) in [7, 11) is 2.06. The maximum Gasteiger partial charge on any atom is 0.0597 e. The highest BCUT2D eigenvalue weighted by atomic mass is 15.3. The summed E-state index contributed by atoms with van der Waals surface area (Å²) in [5, 5.41) is 6.78. The van der Waals surface area contributed by atoms with Crippen molar-refractivity contribution < 1.29 is 0 Å². The van der Waals surface area contributed by atoms with Gasteiger partial charge in [0.05, 0.1) is 6.17 Å². The summed E-state index contributed by atoms with van der Waals surface area (Å²) in [5.74, 6) is 0.771. The SMILES string of the molecule is CNC(CC(C)C)N1CCNCC1. The lowest BCUT2D eigenvalue weighted by Crippen LogP contribution is -2.53. The molecule has 1 atom stereocenters. The number of hydrogen-bond acceptors (Lipinski definition) is 3. The molecule has 0 radical (unpaired) electrons. The number of hydrogen-bond donors (Lipinski definition) is 2. The molecule has 0 aromatic rings. The summed E-state index contributed by atoms with van der Waals surface area (Å²) in [4.78, 5) is 2.54. The number of nitrogens with one attached hydrogen (secondary N) is 2. The van der Waals surface area contributed by atoms with Gasteiger partial charge in [0.2, 0.25) is 0 Å². The van der Waals surface area contributed by atoms with Crippen LogP contribution in [0.3, 0.4) is 0 Å². The van der Waals surface area contributed by atoms with Crippen molar-refractivity contribution in [1.82, 2.24) is 15.5 Å². The largest absolute Gasteiger partial charge is 0.314 e. The van der Waals surface area contributed by atoms with Crippen molar-refractivity contribution in [3.63, 3.8) is 0 Å². The topological polar surface area (TPSA) is 27.3 Å². The molecule has 1 fully saturated rings. The maximum absolute atomic E-state index is 3.40. The van der Waals surface area contributed by atoms with E-state index in [0.717, 1.165) is 19.0 Å². The highest BCUT2D eigenvalue weighted by Crippen LogP contribution is 2.09. The molecule has 0 aliphatic carbocycles. The Morgan fingerprint density at radius 2 is 1.92 bits per heavy atom. The fourth-order valence-electron chi connectivity index (χ4n) is 1.89. The van der Waals surface area contributed by atoms with E-state index < -0.39 is 0 Å². The lowest BCUT2D eigenvalue weighted by molar-refractivity contribution is 0.133. The van der Waals surface area contributed by atoms with Gasteiger partial charge in [0, 0.05) is 26.2 Å². The average molecular weight is 185 g/mol. The van der Waals surface area contributed by atoms with Gasteiger partial charge >= 0.3 is 0 Å². The molecule has 2 N–H and O–H groups in total. The van der Waals surface area contributed by atoms with E-state index in [4.69, 9.17) is 0 Å². The molecule has 1 heterocycles. The highest BCUT2D eigenvalue weighted by molar-refractivity contribution is 4.74. The zero-order chi connectivity index (χ0) is 9.68. The van der Waals surface area contributed by atoms with Crippen molar-refractivity contribution >= 4 is 0 Å². The molecule has 0 spiro atoms. The molecule has 1 aliphatic rings. The van der Waals surface area contributed by atoms with Gasteiger partial charge in [0.15, 0.2) is 0 Å². The van der Waals surface area contributed by atoms with Crippen molar-refractivity contribution in [2.24, 2.45) is 5.92 Å². The molecule has 1 unspecified atom stereocenters. The zero-order valence-electron chi connectivity index (χ0n) is 9.14. The molecule has 3 nitrogen and oxygen atoms in total. The molecule has 78 valence electrons. The normalized spacial score (nSPS) is 22.2. The molecule has 3 heteroatoms. The van der Waals surface area contributed by atoms with Gasteiger partial charge in [-0.2, -0.15) is 0 Å². The van der Waals surface area contributed by atoms with Crippen molar-refractivity contribution in [2.75, 3.05) is 33.2 Å². The summed E-state index contributed by atoms with van der Waals surface area (Å²) >= 11 is 0. The Labute approximate surface area is 81.9 Å². The molecule has 0 aromatic carbocycles. The summed E-state index contributed by atoms with van der Waals surface area (Å²) in [6.07, 6.45) is 1.82. The van der Waals surface area contributed by atoms with E-state index in [2.05, 4.69) is 36.4 Å². The van der Waals surface area contributed by atoms with Crippen LogP contribution in [0.1, 0.15) is 20.3 Å². The van der Waals surface area contributed by atoms with Crippen LogP contribution < -0.4 is 10.6 Å². The van der Waals surface area contributed by atoms with Crippen molar-refractivity contribution in [1.29, 1.82) is 0 Å². The minimum absolute atomic E-state index is 0.571. The Morgan fingerprint density at radius 3 is 2.38 bits per heavy atom. The second-order valence-corrected chi connectivity index (χ2v) is 4.22. The van der Waals surface area contributed by atoms with Crippen LogP contribution in [0.5, 0.6) is 0 Å². The van der Waals surface area contributed by atoms with E-state index >= 15 is 0 Å². The third-order valence-electron chi connectivity index (χ3n) is 2.62. The molecule has 0 amide bonds. The first-order valence-corrected chi connectivity index (χ1v) is 5.36. The van der Waals surface area contributed by atoms with Gasteiger partial charge in [0.1, 0.15) is 0 Å². The van der Waals surface area contributed by atoms with E-state index in [1.165, 1.54) is 19.5 Å². The van der Waals surface area contributed by atoms with Crippen LogP contribution in [0.2, 0.25) is 0 Å². The van der Waals surface area contributed by atoms with Gasteiger partial charge < -0.3 is 10.6 Å². The quantitative estimate of drug-likeness (QED) is 0.667. The third kappa shape index (κ3) is 3.63. The lowest BCUT2D eigenvalue weighted by Gasteiger charge is -2.35. The molecule has 0 saturated carbocycles. The monoisotopic (exact) mass is 185 g/mol. The van der Waals surface area contributed by atoms with Crippen molar-refractivity contribution in [3.05, 3.63) is 0 Å². The van der Waals surface area contributed by atoms with E-state index in [9.17, 15) is 0 Å². The van der Waals surface area contributed by atoms with Crippen LogP contribution in [0.4, 0.5) is 0 Å². The van der Waals surface area contributed by atoms with E-state index in [1.807, 2.05) is 0 Å². The van der Waals surface area contributed by atoms with Crippen LogP contribution in [-0.2, 0) is 0 Å². The Morgan fingerprint density at radius 1 is 1.31 bits per heavy atom. The van der Waals surface area contributed by atoms with Gasteiger partial charge in [0.25, 0.3) is 0 Å². The molecular formula is C10H23N3. The minimum Gasteiger partial charge on any atom is -0.314 e. The van der Waals surface area contributed by atoms with Crippen molar-refractivity contribution in [2.45, 2.75) is 26.4 Å². The number of nitrogens with zero attached hydrogens (tertiary/aromatic N) is 1. The summed E-state index contributed by atoms with van der Waals surface area (Å²) in [6.45, 7) is 9.20. The van der Waals surface area contributed by atoms with E-state index in [0.29, 0.717) is 6.17 Å². The van der Waals surface area contributed by atoms with E-state index in [1.54, 1.807) is 0 Å². The van der Waals surface area contributed by atoms with Gasteiger partial charge in [-0.25, -0.2) is 0 Å². The third-order valence-corrected chi connectivity index (χ3v) is 2.62. The van der Waals surface area contributed by atoms with Gasteiger partial charge in [-0.3, -0.25) is 4.90 Å². The summed E-state index contributed by atoms with van der Waals surface area (Å²) in [6, 6.07) is 0. The first-order chi connectivity index (χ1) is 6.24. The van der Waals surface area contributed by atoms with E-state index in [-0.39, 0.29) is 0 Å². The average Bonchev–Trinajstić information content (AvgIpc) is 2.15. The smallest absolute Gasteiger partial charge is 0.0597 e. The second kappa shape index (κ2) is 5.58. The van der Waals surface area contributed by atoms with Crippen molar-refractivity contribution in [3.8, 4) is 0 Å². The molecule has 13 heavy (non-hydrogen) atoms. The van der Waals surface area contributed by atoms with Crippen LogP contribution in [0.15, 0.2) is 0 Å². The van der Waals surface area contributed by atoms with Gasteiger partial charge in [-0.15, -0.1) is 0 Å². The second-order valence-electron chi connectivity index (χ2n) is 4.22. The minimum atomic E-state index is 0.571. The molecule has 1 aliphatic heterocycles. The fraction of sp³-hybridized carbons (Fsp3) is 1.00. The first-order valence-electron chi connectivity index (χ1n) is 5.36. The van der Waals surface area contributed by atoms with Gasteiger partial charge in [-0.1, -0.05) is 13.8 Å². The Kier molecular flexibility index (Phi) is 4.70. The van der Waals surface area contributed by atoms with Crippen LogP contribution in [-0.4, -0.2) is 44.3 Å². The maximum atomic E-state index is 3.40. The first kappa shape index (κ1) is 11.0. The Balaban J connectivity index is 2.34. The predicted molar refractivity (Wildman–Crippen MR) is 56.7 cm³/mol. The highest BCUT2D eigenvalue weighted by Gasteiger charge is 2.19. The number of piperazine rings is 1. The Bertz CT molecular complexity index is 130. The predicted octanol–water partition coefficient (Wildman–Crippen LogP) is 0.483. The summed E-state index contributed by atoms with van der Waals surface area (Å²) in [5.41, 5.74) is 0. The fourth-order valence-corrected chi connectivity index (χ4v) is 1.89. The van der Waals surface area contributed by atoms with Crippen LogP contribution in [0, 0.1) is 5.92 Å². The summed E-state index contributed by atoms with van der Waals surface area (Å²) < 4.78 is 0. The lowest BCUT2D eigenvalue weighted by atomic mass is 10.1. The molecular weight excluding hydrogens is 162 g/mol. The molecule has 1 saturated heterocycles. The van der Waals surface area contributed by atoms with Crippen LogP contribution in [0.25, 0.3) is 0 Å². The number of rotatable bonds is 4. The molecule has 0 bridgehead atoms. The standard InChI is InChI=1S/C10H23N3/c1-9(2)8-10(11-3)13-6-4-12-5-7-13/h9-12H,4-8H2,1-3H3. The van der Waals surface area contributed by atoms with Crippen LogP contribution >= 0.6 is 0 Å². The van der Waals surface area contributed by atoms with Gasteiger partial charge in [-0.05, 0) is 19.4 Å². The molecule has 1 rings (SSSR count). The Hall–Kier alpha value is -0.120.